The Balaban J connectivity index is 2.20. The van der Waals surface area contributed by atoms with Crippen molar-refractivity contribution in [2.75, 3.05) is 11.9 Å². The molecule has 18 heavy (non-hydrogen) atoms. The van der Waals surface area contributed by atoms with Crippen LogP contribution in [0.3, 0.4) is 0 Å². The van der Waals surface area contributed by atoms with Crippen LogP contribution in [0.15, 0.2) is 16.6 Å². The first-order chi connectivity index (χ1) is 8.50. The Kier molecular flexibility index (Phi) is 4.22. The van der Waals surface area contributed by atoms with Gasteiger partial charge in [0.15, 0.2) is 0 Å². The first-order valence-corrected chi connectivity index (χ1v) is 7.20. The molecule has 1 aliphatic carbocycles. The van der Waals surface area contributed by atoms with E-state index in [9.17, 15) is 4.79 Å². The Morgan fingerprint density at radius 1 is 1.39 bits per heavy atom. The van der Waals surface area contributed by atoms with Crippen molar-refractivity contribution in [1.29, 1.82) is 0 Å². The van der Waals surface area contributed by atoms with Gasteiger partial charge >= 0.3 is 0 Å². The minimum Gasteiger partial charge on any atom is -0.329 e. The topological polar surface area (TPSA) is 55.1 Å². The van der Waals surface area contributed by atoms with Crippen LogP contribution >= 0.6 is 39.1 Å². The van der Waals surface area contributed by atoms with Crippen LogP contribution in [0.5, 0.6) is 0 Å². The van der Waals surface area contributed by atoms with E-state index in [1.54, 1.807) is 12.1 Å². The van der Waals surface area contributed by atoms with Gasteiger partial charge in [-0.2, -0.15) is 0 Å². The van der Waals surface area contributed by atoms with Gasteiger partial charge in [0, 0.05) is 11.0 Å². The minimum absolute atomic E-state index is 0.0726. The summed E-state index contributed by atoms with van der Waals surface area (Å²) in [4.78, 5) is 12.2. The van der Waals surface area contributed by atoms with Crippen molar-refractivity contribution in [3.05, 3.63) is 26.7 Å². The number of hydrogen-bond donors (Lipinski definition) is 2. The van der Waals surface area contributed by atoms with E-state index in [0.29, 0.717) is 26.8 Å². The van der Waals surface area contributed by atoms with E-state index in [1.165, 1.54) is 0 Å². The lowest BCUT2D eigenvalue weighted by molar-refractivity contribution is -0.129. The summed E-state index contributed by atoms with van der Waals surface area (Å²) in [6.45, 7) is 0.362. The van der Waals surface area contributed by atoms with Gasteiger partial charge in [0.2, 0.25) is 5.91 Å². The van der Waals surface area contributed by atoms with Gasteiger partial charge in [-0.15, -0.1) is 0 Å². The second-order valence-corrected chi connectivity index (χ2v) is 6.13. The van der Waals surface area contributed by atoms with Crippen molar-refractivity contribution < 1.29 is 4.79 Å². The highest BCUT2D eigenvalue weighted by Crippen LogP contribution is 2.42. The van der Waals surface area contributed by atoms with Crippen LogP contribution in [-0.2, 0) is 4.79 Å². The number of carbonyl (C=O) groups excluding carboxylic acids is 1. The number of rotatable bonds is 3. The maximum Gasteiger partial charge on any atom is 0.231 e. The Bertz CT molecular complexity index is 484. The minimum atomic E-state index is -0.428. The van der Waals surface area contributed by atoms with Gasteiger partial charge in [-0.05, 0) is 40.9 Å². The monoisotopic (exact) mass is 350 g/mol. The number of anilines is 1. The zero-order valence-electron chi connectivity index (χ0n) is 9.60. The standard InChI is InChI=1S/C12H13BrCl2N2O/c13-7-2-3-8(10(15)9(7)14)17-11(18)12(6-16)4-1-5-12/h2-3H,1,4-6,16H2,(H,17,18). The van der Waals surface area contributed by atoms with Crippen molar-refractivity contribution in [3.8, 4) is 0 Å². The summed E-state index contributed by atoms with van der Waals surface area (Å²) in [5.74, 6) is -0.0726. The van der Waals surface area contributed by atoms with E-state index in [0.717, 1.165) is 19.3 Å². The molecule has 3 N–H and O–H groups in total. The van der Waals surface area contributed by atoms with E-state index in [4.69, 9.17) is 28.9 Å². The van der Waals surface area contributed by atoms with Crippen molar-refractivity contribution in [2.45, 2.75) is 19.3 Å². The maximum absolute atomic E-state index is 12.2. The molecule has 1 aliphatic rings. The van der Waals surface area contributed by atoms with Crippen molar-refractivity contribution in [3.63, 3.8) is 0 Å². The molecule has 0 spiro atoms. The van der Waals surface area contributed by atoms with Gasteiger partial charge in [-0.3, -0.25) is 4.79 Å². The molecule has 0 aliphatic heterocycles. The van der Waals surface area contributed by atoms with Gasteiger partial charge in [0.25, 0.3) is 0 Å². The lowest BCUT2D eigenvalue weighted by atomic mass is 9.68. The molecule has 0 aromatic heterocycles. The summed E-state index contributed by atoms with van der Waals surface area (Å²) in [7, 11) is 0. The molecule has 3 nitrogen and oxygen atoms in total. The molecular weight excluding hydrogens is 339 g/mol. The summed E-state index contributed by atoms with van der Waals surface area (Å²) < 4.78 is 0.698. The van der Waals surface area contributed by atoms with Gasteiger partial charge in [0.05, 0.1) is 21.1 Å². The van der Waals surface area contributed by atoms with Crippen molar-refractivity contribution in [1.82, 2.24) is 0 Å². The van der Waals surface area contributed by atoms with Crippen LogP contribution in [0.4, 0.5) is 5.69 Å². The van der Waals surface area contributed by atoms with Gasteiger partial charge < -0.3 is 11.1 Å². The number of nitrogens with one attached hydrogen (secondary N) is 1. The molecular formula is C12H13BrCl2N2O. The molecule has 1 aromatic rings. The van der Waals surface area contributed by atoms with Crippen LogP contribution in [0, 0.1) is 5.41 Å². The molecule has 2 rings (SSSR count). The number of benzene rings is 1. The zero-order valence-corrected chi connectivity index (χ0v) is 12.7. The molecule has 1 amide bonds. The molecule has 1 fully saturated rings. The van der Waals surface area contributed by atoms with E-state index in [2.05, 4.69) is 21.2 Å². The van der Waals surface area contributed by atoms with E-state index in [1.807, 2.05) is 0 Å². The van der Waals surface area contributed by atoms with Gasteiger partial charge in [-0.1, -0.05) is 29.6 Å². The summed E-state index contributed by atoms with van der Waals surface area (Å²) >= 11 is 15.4. The quantitative estimate of drug-likeness (QED) is 0.813. The summed E-state index contributed by atoms with van der Waals surface area (Å²) in [6, 6.07) is 3.47. The number of hydrogen-bond acceptors (Lipinski definition) is 2. The third-order valence-electron chi connectivity index (χ3n) is 3.47. The maximum atomic E-state index is 12.2. The highest BCUT2D eigenvalue weighted by molar-refractivity contribution is 9.10. The Labute approximate surface area is 124 Å². The molecule has 1 saturated carbocycles. The molecule has 98 valence electrons. The second kappa shape index (κ2) is 5.37. The summed E-state index contributed by atoms with van der Waals surface area (Å²) in [6.07, 6.45) is 2.70. The largest absolute Gasteiger partial charge is 0.329 e. The molecule has 0 atom stereocenters. The second-order valence-electron chi connectivity index (χ2n) is 4.52. The Hall–Kier alpha value is -0.290. The highest BCUT2D eigenvalue weighted by atomic mass is 79.9. The molecule has 0 unspecified atom stereocenters. The van der Waals surface area contributed by atoms with Gasteiger partial charge in [0.1, 0.15) is 0 Å². The highest BCUT2D eigenvalue weighted by Gasteiger charge is 2.42. The predicted octanol–water partition coefficient (Wildman–Crippen LogP) is 3.82. The number of carbonyl (C=O) groups is 1. The predicted molar refractivity (Wildman–Crippen MR) is 78.1 cm³/mol. The average Bonchev–Trinajstić information content (AvgIpc) is 2.29. The fourth-order valence-corrected chi connectivity index (χ4v) is 2.83. The first kappa shape index (κ1) is 14.1. The molecule has 6 heteroatoms. The van der Waals surface area contributed by atoms with Gasteiger partial charge in [-0.25, -0.2) is 0 Å². The molecule has 0 heterocycles. The van der Waals surface area contributed by atoms with E-state index < -0.39 is 5.41 Å². The summed E-state index contributed by atoms with van der Waals surface area (Å²) in [5, 5.41) is 3.55. The zero-order chi connectivity index (χ0) is 13.3. The summed E-state index contributed by atoms with van der Waals surface area (Å²) in [5.41, 5.74) is 5.78. The smallest absolute Gasteiger partial charge is 0.231 e. The van der Waals surface area contributed by atoms with Crippen LogP contribution in [0.25, 0.3) is 0 Å². The molecule has 1 aromatic carbocycles. The van der Waals surface area contributed by atoms with Crippen molar-refractivity contribution in [2.24, 2.45) is 11.1 Å². The normalized spacial score (nSPS) is 17.1. The first-order valence-electron chi connectivity index (χ1n) is 5.65. The third-order valence-corrected chi connectivity index (χ3v) is 5.24. The number of nitrogens with two attached hydrogens (primary N) is 1. The lowest BCUT2D eigenvalue weighted by Crippen LogP contribution is -2.47. The SMILES string of the molecule is NCC1(C(=O)Nc2ccc(Br)c(Cl)c2Cl)CCC1. The average molecular weight is 352 g/mol. The number of halogens is 3. The third kappa shape index (κ3) is 2.39. The molecule has 0 saturated heterocycles. The molecule has 0 radical (unpaired) electrons. The van der Waals surface area contributed by atoms with E-state index in [-0.39, 0.29) is 5.91 Å². The van der Waals surface area contributed by atoms with Crippen LogP contribution in [0.2, 0.25) is 10.0 Å². The fraction of sp³-hybridized carbons (Fsp3) is 0.417. The van der Waals surface area contributed by atoms with Crippen LogP contribution < -0.4 is 11.1 Å². The van der Waals surface area contributed by atoms with E-state index >= 15 is 0 Å². The number of amides is 1. The fourth-order valence-electron chi connectivity index (χ4n) is 2.00. The lowest BCUT2D eigenvalue weighted by Gasteiger charge is -2.39. The van der Waals surface area contributed by atoms with Crippen molar-refractivity contribution >= 4 is 50.7 Å². The van der Waals surface area contributed by atoms with Crippen LogP contribution in [0.1, 0.15) is 19.3 Å². The van der Waals surface area contributed by atoms with Crippen LogP contribution in [-0.4, -0.2) is 12.5 Å². The molecule has 0 bridgehead atoms. The Morgan fingerprint density at radius 3 is 2.56 bits per heavy atom. The Morgan fingerprint density at radius 2 is 2.06 bits per heavy atom.